The van der Waals surface area contributed by atoms with Crippen molar-refractivity contribution in [3.63, 3.8) is 0 Å². The van der Waals surface area contributed by atoms with E-state index in [1.165, 1.54) is 0 Å². The van der Waals surface area contributed by atoms with E-state index in [2.05, 4.69) is 13.8 Å². The summed E-state index contributed by atoms with van der Waals surface area (Å²) >= 11 is 0. The standard InChI is InChI=1S/C11H22N2O2/c1-4-10(5-2)12(3)11(14)13-6-8-15-9-7-13/h10H,4-9H2,1-3H3. The number of rotatable bonds is 3. The number of amides is 2. The average Bonchev–Trinajstić information content (AvgIpc) is 2.30. The van der Waals surface area contributed by atoms with Gasteiger partial charge in [0.15, 0.2) is 0 Å². The smallest absolute Gasteiger partial charge is 0.320 e. The molecule has 1 heterocycles. The molecule has 0 bridgehead atoms. The fourth-order valence-corrected chi connectivity index (χ4v) is 1.97. The highest BCUT2D eigenvalue weighted by atomic mass is 16.5. The lowest BCUT2D eigenvalue weighted by atomic mass is 10.1. The van der Waals surface area contributed by atoms with Gasteiger partial charge < -0.3 is 14.5 Å². The number of morpholine rings is 1. The number of urea groups is 1. The summed E-state index contributed by atoms with van der Waals surface area (Å²) in [6, 6.07) is 0.507. The quantitative estimate of drug-likeness (QED) is 0.714. The van der Waals surface area contributed by atoms with Crippen LogP contribution in [0.1, 0.15) is 26.7 Å². The molecule has 0 saturated carbocycles. The second-order valence-corrected chi connectivity index (χ2v) is 3.96. The molecule has 0 atom stereocenters. The van der Waals surface area contributed by atoms with Crippen molar-refractivity contribution >= 4 is 6.03 Å². The zero-order chi connectivity index (χ0) is 11.3. The Bertz CT molecular complexity index is 199. The minimum atomic E-state index is 0.145. The van der Waals surface area contributed by atoms with Gasteiger partial charge in [-0.25, -0.2) is 4.79 Å². The summed E-state index contributed by atoms with van der Waals surface area (Å²) in [4.78, 5) is 15.8. The Labute approximate surface area is 92.2 Å². The molecule has 0 unspecified atom stereocenters. The summed E-state index contributed by atoms with van der Waals surface area (Å²) in [7, 11) is 1.90. The summed E-state index contributed by atoms with van der Waals surface area (Å²) in [6.07, 6.45) is 2.03. The van der Waals surface area contributed by atoms with E-state index in [9.17, 15) is 4.79 Å². The summed E-state index contributed by atoms with van der Waals surface area (Å²) in [6.45, 7) is 7.03. The topological polar surface area (TPSA) is 32.8 Å². The van der Waals surface area contributed by atoms with Gasteiger partial charge in [0.1, 0.15) is 0 Å². The first kappa shape index (κ1) is 12.3. The fourth-order valence-electron chi connectivity index (χ4n) is 1.97. The van der Waals surface area contributed by atoms with Crippen molar-refractivity contribution in [2.75, 3.05) is 33.4 Å². The zero-order valence-electron chi connectivity index (χ0n) is 10.0. The lowest BCUT2D eigenvalue weighted by molar-refractivity contribution is 0.0416. The summed E-state index contributed by atoms with van der Waals surface area (Å²) in [5.41, 5.74) is 0. The summed E-state index contributed by atoms with van der Waals surface area (Å²) < 4.78 is 5.23. The van der Waals surface area contributed by atoms with Crippen molar-refractivity contribution in [1.29, 1.82) is 0 Å². The normalized spacial score (nSPS) is 16.9. The molecule has 1 fully saturated rings. The van der Waals surface area contributed by atoms with Gasteiger partial charge in [-0.1, -0.05) is 13.8 Å². The molecule has 0 spiro atoms. The average molecular weight is 214 g/mol. The van der Waals surface area contributed by atoms with Crippen LogP contribution in [0.3, 0.4) is 0 Å². The molecule has 1 aliphatic heterocycles. The van der Waals surface area contributed by atoms with Gasteiger partial charge in [-0.2, -0.15) is 0 Å². The number of carbonyl (C=O) groups excluding carboxylic acids is 1. The predicted molar refractivity (Wildman–Crippen MR) is 59.9 cm³/mol. The van der Waals surface area contributed by atoms with Gasteiger partial charge in [-0.15, -0.1) is 0 Å². The second kappa shape index (κ2) is 5.95. The summed E-state index contributed by atoms with van der Waals surface area (Å²) in [5.74, 6) is 0. The molecule has 0 N–H and O–H groups in total. The van der Waals surface area contributed by atoms with Crippen molar-refractivity contribution in [1.82, 2.24) is 9.80 Å². The lowest BCUT2D eigenvalue weighted by Gasteiger charge is -2.34. The molecule has 4 nitrogen and oxygen atoms in total. The monoisotopic (exact) mass is 214 g/mol. The molecule has 0 aromatic rings. The van der Waals surface area contributed by atoms with Crippen LogP contribution in [0, 0.1) is 0 Å². The Hall–Kier alpha value is -0.770. The number of hydrogen-bond acceptors (Lipinski definition) is 2. The highest BCUT2D eigenvalue weighted by molar-refractivity contribution is 5.74. The maximum absolute atomic E-state index is 12.1. The molecule has 1 saturated heterocycles. The minimum absolute atomic E-state index is 0.145. The third kappa shape index (κ3) is 3.09. The largest absolute Gasteiger partial charge is 0.378 e. The Morgan fingerprint density at radius 2 is 1.87 bits per heavy atom. The van der Waals surface area contributed by atoms with Crippen molar-refractivity contribution in [2.24, 2.45) is 0 Å². The Morgan fingerprint density at radius 3 is 2.33 bits per heavy atom. The predicted octanol–water partition coefficient (Wildman–Crippen LogP) is 1.56. The van der Waals surface area contributed by atoms with Crippen LogP contribution in [0.15, 0.2) is 0 Å². The molecule has 15 heavy (non-hydrogen) atoms. The van der Waals surface area contributed by atoms with Gasteiger partial charge in [0.2, 0.25) is 0 Å². The highest BCUT2D eigenvalue weighted by Gasteiger charge is 2.23. The van der Waals surface area contributed by atoms with Crippen molar-refractivity contribution in [3.8, 4) is 0 Å². The lowest BCUT2D eigenvalue weighted by Crippen LogP contribution is -2.49. The minimum Gasteiger partial charge on any atom is -0.378 e. The SMILES string of the molecule is CCC(CC)N(C)C(=O)N1CCOCC1. The van der Waals surface area contributed by atoms with Crippen LogP contribution < -0.4 is 0 Å². The van der Waals surface area contributed by atoms with E-state index >= 15 is 0 Å². The van der Waals surface area contributed by atoms with Crippen molar-refractivity contribution in [2.45, 2.75) is 32.7 Å². The number of hydrogen-bond donors (Lipinski definition) is 0. The van der Waals surface area contributed by atoms with Crippen LogP contribution in [0.2, 0.25) is 0 Å². The van der Waals surface area contributed by atoms with E-state index in [4.69, 9.17) is 4.74 Å². The maximum Gasteiger partial charge on any atom is 0.320 e. The fraction of sp³-hybridized carbons (Fsp3) is 0.909. The molecule has 0 aromatic heterocycles. The van der Waals surface area contributed by atoms with Crippen LogP contribution in [0.25, 0.3) is 0 Å². The van der Waals surface area contributed by atoms with E-state index in [0.29, 0.717) is 19.3 Å². The molecule has 4 heteroatoms. The Morgan fingerprint density at radius 1 is 1.33 bits per heavy atom. The molecular weight excluding hydrogens is 192 g/mol. The van der Waals surface area contributed by atoms with E-state index in [1.54, 1.807) is 0 Å². The van der Waals surface area contributed by atoms with Crippen LogP contribution in [0.5, 0.6) is 0 Å². The molecule has 1 rings (SSSR count). The molecule has 0 aromatic carbocycles. The molecule has 88 valence electrons. The first-order valence-corrected chi connectivity index (χ1v) is 5.80. The Kier molecular flexibility index (Phi) is 4.88. The van der Waals surface area contributed by atoms with Gasteiger partial charge in [-0.05, 0) is 12.8 Å². The third-order valence-electron chi connectivity index (χ3n) is 3.07. The molecule has 0 radical (unpaired) electrons. The van der Waals surface area contributed by atoms with Gasteiger partial charge in [-0.3, -0.25) is 0 Å². The van der Waals surface area contributed by atoms with E-state index in [-0.39, 0.29) is 6.03 Å². The van der Waals surface area contributed by atoms with E-state index in [0.717, 1.165) is 25.9 Å². The van der Waals surface area contributed by atoms with Gasteiger partial charge >= 0.3 is 6.03 Å². The van der Waals surface area contributed by atoms with Gasteiger partial charge in [0, 0.05) is 26.2 Å². The summed E-state index contributed by atoms with van der Waals surface area (Å²) in [5, 5.41) is 0. The van der Waals surface area contributed by atoms with Crippen LogP contribution >= 0.6 is 0 Å². The molecule has 2 amide bonds. The van der Waals surface area contributed by atoms with Gasteiger partial charge in [0.05, 0.1) is 13.2 Å². The molecule has 0 aliphatic carbocycles. The van der Waals surface area contributed by atoms with Crippen molar-refractivity contribution in [3.05, 3.63) is 0 Å². The first-order chi connectivity index (χ1) is 7.20. The Balaban J connectivity index is 2.49. The zero-order valence-corrected chi connectivity index (χ0v) is 10.0. The maximum atomic E-state index is 12.1. The van der Waals surface area contributed by atoms with Crippen LogP contribution in [0.4, 0.5) is 4.79 Å². The van der Waals surface area contributed by atoms with Crippen molar-refractivity contribution < 1.29 is 9.53 Å². The first-order valence-electron chi connectivity index (χ1n) is 5.80. The van der Waals surface area contributed by atoms with Crippen LogP contribution in [-0.4, -0.2) is 55.2 Å². The van der Waals surface area contributed by atoms with E-state index in [1.807, 2.05) is 16.8 Å². The third-order valence-corrected chi connectivity index (χ3v) is 3.07. The molecular formula is C11H22N2O2. The second-order valence-electron chi connectivity index (χ2n) is 3.96. The molecule has 1 aliphatic rings. The van der Waals surface area contributed by atoms with Gasteiger partial charge in [0.25, 0.3) is 0 Å². The number of carbonyl (C=O) groups is 1. The van der Waals surface area contributed by atoms with E-state index < -0.39 is 0 Å². The number of ether oxygens (including phenoxy) is 1. The number of nitrogens with zero attached hydrogens (tertiary/aromatic N) is 2. The highest BCUT2D eigenvalue weighted by Crippen LogP contribution is 2.10. The van der Waals surface area contributed by atoms with Crippen LogP contribution in [-0.2, 0) is 4.74 Å².